The van der Waals surface area contributed by atoms with Gasteiger partial charge < -0.3 is 15.0 Å². The van der Waals surface area contributed by atoms with E-state index in [9.17, 15) is 18.0 Å². The maximum absolute atomic E-state index is 14.7. The molecule has 1 unspecified atom stereocenters. The molecule has 8 nitrogen and oxygen atoms in total. The van der Waals surface area contributed by atoms with Crippen LogP contribution in [0.2, 0.25) is 0 Å². The van der Waals surface area contributed by atoms with Gasteiger partial charge in [0.2, 0.25) is 11.8 Å². The first-order valence-electron chi connectivity index (χ1n) is 15.6. The molecule has 0 saturated heterocycles. The SMILES string of the molecule is CCOc1ccccc1N(CC(=O)N(Cc1ccccc1C)C(Cc1ccccc1)C(=O)NCC(C)C)S(=O)(=O)c1ccccc1. The summed E-state index contributed by atoms with van der Waals surface area (Å²) >= 11 is 0. The Balaban J connectivity index is 1.83. The molecule has 2 amide bonds. The second-order valence-electron chi connectivity index (χ2n) is 11.5. The van der Waals surface area contributed by atoms with Crippen molar-refractivity contribution in [2.45, 2.75) is 51.6 Å². The lowest BCUT2D eigenvalue weighted by atomic mass is 10.0. The van der Waals surface area contributed by atoms with Crippen molar-refractivity contribution < 1.29 is 22.7 Å². The summed E-state index contributed by atoms with van der Waals surface area (Å²) in [6.07, 6.45) is 0.253. The average Bonchev–Trinajstić information content (AvgIpc) is 3.06. The van der Waals surface area contributed by atoms with Crippen LogP contribution in [0.5, 0.6) is 5.75 Å². The minimum atomic E-state index is -4.23. The van der Waals surface area contributed by atoms with Gasteiger partial charge in [-0.25, -0.2) is 8.42 Å². The Morgan fingerprint density at radius 2 is 1.43 bits per heavy atom. The molecule has 46 heavy (non-hydrogen) atoms. The zero-order valence-electron chi connectivity index (χ0n) is 26.9. The van der Waals surface area contributed by atoms with Crippen molar-refractivity contribution in [1.82, 2.24) is 10.2 Å². The average molecular weight is 642 g/mol. The molecule has 1 N–H and O–H groups in total. The molecule has 0 aliphatic carbocycles. The van der Waals surface area contributed by atoms with Crippen LogP contribution in [0.15, 0.2) is 114 Å². The van der Waals surface area contributed by atoms with E-state index >= 15 is 0 Å². The second-order valence-corrected chi connectivity index (χ2v) is 13.4. The molecule has 4 rings (SSSR count). The Kier molecular flexibility index (Phi) is 12.0. The predicted molar refractivity (Wildman–Crippen MR) is 182 cm³/mol. The van der Waals surface area contributed by atoms with E-state index in [1.165, 1.54) is 17.0 Å². The number of rotatable bonds is 15. The molecule has 0 aromatic heterocycles. The molecule has 4 aromatic rings. The molecule has 0 radical (unpaired) electrons. The molecule has 242 valence electrons. The van der Waals surface area contributed by atoms with Gasteiger partial charge in [-0.1, -0.05) is 98.8 Å². The number of amides is 2. The van der Waals surface area contributed by atoms with Crippen molar-refractivity contribution in [1.29, 1.82) is 0 Å². The topological polar surface area (TPSA) is 96.0 Å². The maximum Gasteiger partial charge on any atom is 0.264 e. The number of para-hydroxylation sites is 2. The molecule has 0 aliphatic heterocycles. The number of carbonyl (C=O) groups is 2. The summed E-state index contributed by atoms with van der Waals surface area (Å²) in [6.45, 7) is 8.08. The largest absolute Gasteiger partial charge is 0.492 e. The number of hydrogen-bond donors (Lipinski definition) is 1. The van der Waals surface area contributed by atoms with Gasteiger partial charge in [-0.2, -0.15) is 0 Å². The Bertz CT molecular complexity index is 1690. The van der Waals surface area contributed by atoms with Gasteiger partial charge in [-0.05, 0) is 60.7 Å². The van der Waals surface area contributed by atoms with Crippen LogP contribution < -0.4 is 14.4 Å². The zero-order chi connectivity index (χ0) is 33.1. The third kappa shape index (κ3) is 8.75. The minimum Gasteiger partial charge on any atom is -0.492 e. The standard InChI is InChI=1S/C37H43N3O5S/c1-5-45-35-23-15-14-22-33(35)40(46(43,44)32-20-10-7-11-21-32)27-36(41)39(26-31-19-13-12-16-29(31)4)34(37(42)38-25-28(2)3)24-30-17-8-6-9-18-30/h6-23,28,34H,5,24-27H2,1-4H3,(H,38,42). The van der Waals surface area contributed by atoms with Crippen LogP contribution in [0, 0.1) is 12.8 Å². The number of benzene rings is 4. The summed E-state index contributed by atoms with van der Waals surface area (Å²) in [5, 5.41) is 3.02. The van der Waals surface area contributed by atoms with Crippen molar-refractivity contribution >= 4 is 27.5 Å². The van der Waals surface area contributed by atoms with Crippen LogP contribution in [-0.2, 0) is 32.6 Å². The van der Waals surface area contributed by atoms with E-state index in [0.29, 0.717) is 18.9 Å². The van der Waals surface area contributed by atoms with E-state index in [-0.39, 0.29) is 35.4 Å². The molecule has 0 aliphatic rings. The third-order valence-corrected chi connectivity index (χ3v) is 9.38. The summed E-state index contributed by atoms with van der Waals surface area (Å²) in [4.78, 5) is 30.1. The van der Waals surface area contributed by atoms with Crippen molar-refractivity contribution in [3.05, 3.63) is 126 Å². The first-order valence-corrected chi connectivity index (χ1v) is 17.0. The molecular weight excluding hydrogens is 598 g/mol. The normalized spacial score (nSPS) is 11.9. The fourth-order valence-electron chi connectivity index (χ4n) is 5.12. The van der Waals surface area contributed by atoms with E-state index < -0.39 is 28.5 Å². The fourth-order valence-corrected chi connectivity index (χ4v) is 6.57. The Labute approximate surface area is 273 Å². The van der Waals surface area contributed by atoms with Gasteiger partial charge in [0, 0.05) is 19.5 Å². The van der Waals surface area contributed by atoms with E-state index in [2.05, 4.69) is 5.32 Å². The maximum atomic E-state index is 14.7. The molecule has 4 aromatic carbocycles. The number of carbonyl (C=O) groups excluding carboxylic acids is 2. The molecule has 0 spiro atoms. The Morgan fingerprint density at radius 1 is 0.826 bits per heavy atom. The molecule has 9 heteroatoms. The fraction of sp³-hybridized carbons (Fsp3) is 0.297. The zero-order valence-corrected chi connectivity index (χ0v) is 27.7. The first-order chi connectivity index (χ1) is 22.1. The summed E-state index contributed by atoms with van der Waals surface area (Å²) < 4.78 is 35.4. The highest BCUT2D eigenvalue weighted by atomic mass is 32.2. The number of hydrogen-bond acceptors (Lipinski definition) is 5. The van der Waals surface area contributed by atoms with Crippen LogP contribution in [0.3, 0.4) is 0 Å². The Hall–Kier alpha value is -4.63. The first kappa shape index (κ1) is 34.2. The quantitative estimate of drug-likeness (QED) is 0.172. The number of aryl methyl sites for hydroxylation is 1. The summed E-state index contributed by atoms with van der Waals surface area (Å²) in [5.41, 5.74) is 2.93. The highest BCUT2D eigenvalue weighted by Gasteiger charge is 2.35. The van der Waals surface area contributed by atoms with Gasteiger partial charge >= 0.3 is 0 Å². The number of nitrogens with zero attached hydrogens (tertiary/aromatic N) is 2. The number of nitrogens with one attached hydrogen (secondary N) is 1. The molecule has 0 heterocycles. The highest BCUT2D eigenvalue weighted by molar-refractivity contribution is 7.92. The van der Waals surface area contributed by atoms with Crippen molar-refractivity contribution in [2.75, 3.05) is 24.0 Å². The van der Waals surface area contributed by atoms with Crippen LogP contribution in [-0.4, -0.2) is 50.9 Å². The minimum absolute atomic E-state index is 0.0371. The Morgan fingerprint density at radius 3 is 2.09 bits per heavy atom. The van der Waals surface area contributed by atoms with Crippen molar-refractivity contribution in [3.8, 4) is 5.75 Å². The van der Waals surface area contributed by atoms with Gasteiger partial charge in [-0.15, -0.1) is 0 Å². The van der Waals surface area contributed by atoms with Crippen LogP contribution >= 0.6 is 0 Å². The summed E-state index contributed by atoms with van der Waals surface area (Å²) in [5.74, 6) is -0.289. The summed E-state index contributed by atoms with van der Waals surface area (Å²) in [6, 6.07) is 31.1. The van der Waals surface area contributed by atoms with Gasteiger partial charge in [-0.3, -0.25) is 13.9 Å². The summed E-state index contributed by atoms with van der Waals surface area (Å²) in [7, 11) is -4.23. The molecular formula is C37H43N3O5S. The lowest BCUT2D eigenvalue weighted by Crippen LogP contribution is -2.53. The van der Waals surface area contributed by atoms with Crippen LogP contribution in [0.25, 0.3) is 0 Å². The number of sulfonamides is 1. The second kappa shape index (κ2) is 16.1. The van der Waals surface area contributed by atoms with Crippen molar-refractivity contribution in [2.24, 2.45) is 5.92 Å². The van der Waals surface area contributed by atoms with Gasteiger partial charge in [0.05, 0.1) is 17.2 Å². The van der Waals surface area contributed by atoms with Crippen LogP contribution in [0.4, 0.5) is 5.69 Å². The van der Waals surface area contributed by atoms with Crippen molar-refractivity contribution in [3.63, 3.8) is 0 Å². The lowest BCUT2D eigenvalue weighted by molar-refractivity contribution is -0.140. The smallest absolute Gasteiger partial charge is 0.264 e. The molecule has 0 saturated carbocycles. The van der Waals surface area contributed by atoms with Gasteiger partial charge in [0.15, 0.2) is 0 Å². The third-order valence-electron chi connectivity index (χ3n) is 7.60. The highest BCUT2D eigenvalue weighted by Crippen LogP contribution is 2.33. The van der Waals surface area contributed by atoms with E-state index in [0.717, 1.165) is 21.0 Å². The lowest BCUT2D eigenvalue weighted by Gasteiger charge is -2.34. The van der Waals surface area contributed by atoms with E-state index in [4.69, 9.17) is 4.74 Å². The monoisotopic (exact) mass is 641 g/mol. The van der Waals surface area contributed by atoms with E-state index in [1.54, 1.807) is 42.5 Å². The van der Waals surface area contributed by atoms with Gasteiger partial charge in [0.25, 0.3) is 10.0 Å². The number of ether oxygens (including phenoxy) is 1. The van der Waals surface area contributed by atoms with Gasteiger partial charge in [0.1, 0.15) is 18.3 Å². The number of anilines is 1. The molecule has 0 fully saturated rings. The molecule has 1 atom stereocenters. The predicted octanol–water partition coefficient (Wildman–Crippen LogP) is 6.00. The molecule has 0 bridgehead atoms. The van der Waals surface area contributed by atoms with Crippen LogP contribution in [0.1, 0.15) is 37.5 Å². The van der Waals surface area contributed by atoms with E-state index in [1.807, 2.05) is 82.3 Å².